The zero-order valence-corrected chi connectivity index (χ0v) is 13.9. The Bertz CT molecular complexity index is 1510. The highest BCUT2D eigenvalue weighted by Crippen LogP contribution is 2.47. The van der Waals surface area contributed by atoms with E-state index in [4.69, 9.17) is 0 Å². The van der Waals surface area contributed by atoms with E-state index >= 15 is 0 Å². The summed E-state index contributed by atoms with van der Waals surface area (Å²) < 4.78 is 0. The Labute approximate surface area is 149 Å². The lowest BCUT2D eigenvalue weighted by Crippen LogP contribution is -1.95. The average molecular weight is 324 g/mol. The van der Waals surface area contributed by atoms with E-state index in [1.807, 2.05) is 0 Å². The van der Waals surface area contributed by atoms with Crippen molar-refractivity contribution in [3.05, 3.63) is 83.3 Å². The largest absolute Gasteiger partial charge is 0.0696 e. The predicted octanol–water partition coefficient (Wildman–Crippen LogP) is 7.12. The van der Waals surface area contributed by atoms with Crippen LogP contribution in [0.2, 0.25) is 0 Å². The van der Waals surface area contributed by atoms with Gasteiger partial charge in [-0.3, -0.25) is 0 Å². The van der Waals surface area contributed by atoms with Crippen LogP contribution >= 0.6 is 0 Å². The smallest absolute Gasteiger partial charge is 0.000740 e. The molecule has 116 valence electrons. The summed E-state index contributed by atoms with van der Waals surface area (Å²) in [5, 5.41) is 13.5. The Kier molecular flexibility index (Phi) is 2.04. The fourth-order valence-corrected chi connectivity index (χ4v) is 5.00. The Hall–Kier alpha value is -3.56. The summed E-state index contributed by atoms with van der Waals surface area (Å²) in [6, 6.07) is 22.4. The first-order chi connectivity index (χ1) is 12.9. The van der Waals surface area contributed by atoms with E-state index in [0.717, 1.165) is 0 Å². The van der Waals surface area contributed by atoms with Crippen molar-refractivity contribution in [2.24, 2.45) is 0 Å². The molecule has 1 aliphatic carbocycles. The Morgan fingerprint density at radius 2 is 0.923 bits per heavy atom. The third-order valence-electron chi connectivity index (χ3n) is 6.02. The van der Waals surface area contributed by atoms with Gasteiger partial charge in [0.05, 0.1) is 0 Å². The minimum Gasteiger partial charge on any atom is -0.0696 e. The van der Waals surface area contributed by atoms with E-state index < -0.39 is 0 Å². The average Bonchev–Trinajstić information content (AvgIpc) is 2.71. The molecule has 0 unspecified atom stereocenters. The molecular weight excluding hydrogens is 312 g/mol. The summed E-state index contributed by atoms with van der Waals surface area (Å²) in [7, 11) is 0. The van der Waals surface area contributed by atoms with Crippen molar-refractivity contribution >= 4 is 66.0 Å². The van der Waals surface area contributed by atoms with E-state index in [1.165, 1.54) is 65.0 Å². The summed E-state index contributed by atoms with van der Waals surface area (Å²) in [6.07, 6.45) is 4.17. The third kappa shape index (κ3) is 1.29. The van der Waals surface area contributed by atoms with Crippen molar-refractivity contribution in [1.29, 1.82) is 0 Å². The molecule has 0 bridgehead atoms. The number of hydrogen-bond donors (Lipinski definition) is 0. The van der Waals surface area contributed by atoms with Crippen LogP contribution in [0.4, 0.5) is 0 Å². The van der Waals surface area contributed by atoms with E-state index in [-0.39, 0.29) is 0 Å². The third-order valence-corrected chi connectivity index (χ3v) is 6.02. The number of benzene rings is 6. The molecule has 0 aliphatic heterocycles. The molecule has 0 fully saturated rings. The molecule has 0 atom stereocenters. The van der Waals surface area contributed by atoms with Crippen LogP contribution in [-0.4, -0.2) is 0 Å². The molecule has 0 saturated carbocycles. The second-order valence-electron chi connectivity index (χ2n) is 7.19. The molecule has 6 aromatic carbocycles. The number of rotatable bonds is 0. The zero-order valence-electron chi connectivity index (χ0n) is 13.9. The summed E-state index contributed by atoms with van der Waals surface area (Å²) >= 11 is 0. The minimum atomic E-state index is 1.27. The Balaban J connectivity index is 2.02. The molecule has 7 rings (SSSR count). The fraction of sp³-hybridized carbons (Fsp3) is 0. The van der Waals surface area contributed by atoms with Gasteiger partial charge in [0.15, 0.2) is 0 Å². The summed E-state index contributed by atoms with van der Waals surface area (Å²) in [5.41, 5.74) is 8.86. The van der Waals surface area contributed by atoms with E-state index in [9.17, 15) is 0 Å². The van der Waals surface area contributed by atoms with Crippen LogP contribution in [0.5, 0.6) is 0 Å². The topological polar surface area (TPSA) is 0 Å². The van der Waals surface area contributed by atoms with Gasteiger partial charge in [0.25, 0.3) is 0 Å². The van der Waals surface area contributed by atoms with Crippen LogP contribution in [0, 0.1) is 0 Å². The first-order valence-corrected chi connectivity index (χ1v) is 8.96. The van der Waals surface area contributed by atoms with Crippen LogP contribution in [0.25, 0.3) is 66.0 Å². The fourth-order valence-electron chi connectivity index (χ4n) is 5.00. The molecule has 0 N–H and O–H groups in total. The van der Waals surface area contributed by atoms with Gasteiger partial charge in [-0.2, -0.15) is 0 Å². The summed E-state index contributed by atoms with van der Waals surface area (Å²) in [4.78, 5) is 0. The molecule has 0 heteroatoms. The lowest BCUT2D eigenvalue weighted by molar-refractivity contribution is 1.73. The minimum absolute atomic E-state index is 1.27. The highest BCUT2D eigenvalue weighted by atomic mass is 14.2. The van der Waals surface area contributed by atoms with Gasteiger partial charge in [-0.25, -0.2) is 0 Å². The standard InChI is InChI=1S/C26H12/c1-2-8-18-17(7-1)21-13-11-15-5-3-9-19-20-10-4-6-16-12-14-22(18)26(24(16)20)25(21)23(15)19/h3-14H. The van der Waals surface area contributed by atoms with Crippen LogP contribution in [-0.2, 0) is 0 Å². The molecule has 26 heavy (non-hydrogen) atoms. The zero-order chi connectivity index (χ0) is 16.8. The van der Waals surface area contributed by atoms with E-state index in [0.29, 0.717) is 0 Å². The molecule has 0 saturated heterocycles. The number of hydrogen-bond acceptors (Lipinski definition) is 0. The lowest BCUT2D eigenvalue weighted by atomic mass is 9.82. The van der Waals surface area contributed by atoms with Crippen LogP contribution in [0.15, 0.2) is 72.1 Å². The van der Waals surface area contributed by atoms with Crippen molar-refractivity contribution in [3.63, 3.8) is 0 Å². The van der Waals surface area contributed by atoms with Gasteiger partial charge in [0.2, 0.25) is 0 Å². The van der Waals surface area contributed by atoms with Crippen LogP contribution in [0.3, 0.4) is 0 Å². The van der Waals surface area contributed by atoms with Crippen molar-refractivity contribution in [1.82, 2.24) is 0 Å². The van der Waals surface area contributed by atoms with Crippen molar-refractivity contribution in [2.45, 2.75) is 0 Å². The second kappa shape index (κ2) is 4.15. The van der Waals surface area contributed by atoms with Crippen molar-refractivity contribution < 1.29 is 0 Å². The molecule has 6 aromatic rings. The monoisotopic (exact) mass is 324 g/mol. The van der Waals surface area contributed by atoms with Crippen molar-refractivity contribution in [2.75, 3.05) is 0 Å². The van der Waals surface area contributed by atoms with Gasteiger partial charge in [-0.05, 0) is 77.1 Å². The first-order valence-electron chi connectivity index (χ1n) is 8.96. The Morgan fingerprint density at radius 3 is 1.42 bits per heavy atom. The summed E-state index contributed by atoms with van der Waals surface area (Å²) in [6.45, 7) is 0. The quantitative estimate of drug-likeness (QED) is 0.158. The highest BCUT2D eigenvalue weighted by molar-refractivity contribution is 6.41. The number of fused-ring (bicyclic) bond motifs is 4. The van der Waals surface area contributed by atoms with Gasteiger partial charge in [-0.15, -0.1) is 0 Å². The van der Waals surface area contributed by atoms with Gasteiger partial charge in [0, 0.05) is 0 Å². The molecular formula is C26H12. The second-order valence-corrected chi connectivity index (χ2v) is 7.19. The van der Waals surface area contributed by atoms with Gasteiger partial charge in [0.1, 0.15) is 0 Å². The van der Waals surface area contributed by atoms with Gasteiger partial charge in [-0.1, -0.05) is 72.1 Å². The van der Waals surface area contributed by atoms with E-state index in [1.54, 1.807) is 0 Å². The summed E-state index contributed by atoms with van der Waals surface area (Å²) in [5.74, 6) is 0. The maximum atomic E-state index is 3.16. The van der Waals surface area contributed by atoms with Gasteiger partial charge >= 0.3 is 0 Å². The molecule has 0 nitrogen and oxygen atoms in total. The predicted molar refractivity (Wildman–Crippen MR) is 112 cm³/mol. The molecule has 0 spiro atoms. The molecule has 0 aromatic heterocycles. The molecule has 0 heterocycles. The maximum absolute atomic E-state index is 3.16. The van der Waals surface area contributed by atoms with Crippen LogP contribution < -0.4 is 0 Å². The maximum Gasteiger partial charge on any atom is -0.000740 e. The SMILES string of the molecule is C1=C=Cc2c(c3ccc4cccc5c6cccc7ccc2c(c76)c3c45)C=1. The van der Waals surface area contributed by atoms with E-state index in [2.05, 4.69) is 84.3 Å². The molecule has 0 radical (unpaired) electrons. The Morgan fingerprint density at radius 1 is 0.423 bits per heavy atom. The van der Waals surface area contributed by atoms with Crippen molar-refractivity contribution in [3.8, 4) is 0 Å². The highest BCUT2D eigenvalue weighted by Gasteiger charge is 2.20. The normalized spacial score (nSPS) is 13.2. The lowest BCUT2D eigenvalue weighted by Gasteiger charge is -2.21. The first kappa shape index (κ1) is 12.8. The molecule has 1 aliphatic rings. The molecule has 0 amide bonds. The van der Waals surface area contributed by atoms with Gasteiger partial charge < -0.3 is 0 Å². The van der Waals surface area contributed by atoms with Crippen LogP contribution in [0.1, 0.15) is 11.1 Å².